The average molecular weight is 460 g/mol. The van der Waals surface area contributed by atoms with Gasteiger partial charge in [-0.3, -0.25) is 14.5 Å². The van der Waals surface area contributed by atoms with Crippen LogP contribution in [0.5, 0.6) is 0 Å². The van der Waals surface area contributed by atoms with E-state index in [0.29, 0.717) is 13.0 Å². The van der Waals surface area contributed by atoms with Crippen LogP contribution < -0.4 is 5.32 Å². The number of amides is 4. The minimum Gasteiger partial charge on any atom is -0.480 e. The number of H-pyrrole nitrogens is 1. The highest BCUT2D eigenvalue weighted by Crippen LogP contribution is 2.30. The molecule has 3 heterocycles. The van der Waals surface area contributed by atoms with Gasteiger partial charge in [0.2, 0.25) is 5.91 Å². The number of benzene rings is 2. The quantitative estimate of drug-likeness (QED) is 0.466. The van der Waals surface area contributed by atoms with Crippen molar-refractivity contribution in [3.8, 4) is 0 Å². The van der Waals surface area contributed by atoms with Crippen LogP contribution in [0.1, 0.15) is 23.1 Å². The van der Waals surface area contributed by atoms with Gasteiger partial charge in [-0.1, -0.05) is 42.5 Å². The van der Waals surface area contributed by atoms with Crippen molar-refractivity contribution >= 4 is 34.7 Å². The summed E-state index contributed by atoms with van der Waals surface area (Å²) in [5, 5.41) is 13.1. The Balaban J connectivity index is 1.21. The van der Waals surface area contributed by atoms with Crippen molar-refractivity contribution in [1.29, 1.82) is 0 Å². The lowest BCUT2D eigenvalue weighted by Crippen LogP contribution is -2.44. The molecule has 0 unspecified atom stereocenters. The van der Waals surface area contributed by atoms with Gasteiger partial charge in [-0.25, -0.2) is 9.59 Å². The van der Waals surface area contributed by atoms with Crippen molar-refractivity contribution in [3.63, 3.8) is 0 Å². The molecular formula is C25H24N4O5. The van der Waals surface area contributed by atoms with Gasteiger partial charge in [0.05, 0.1) is 0 Å². The minimum atomic E-state index is -1.15. The number of aromatic amines is 1. The topological polar surface area (TPSA) is 123 Å². The molecule has 0 bridgehead atoms. The molecule has 3 N–H and O–H groups in total. The zero-order valence-electron chi connectivity index (χ0n) is 18.4. The average Bonchev–Trinajstić information content (AvgIpc) is 3.34. The summed E-state index contributed by atoms with van der Waals surface area (Å²) in [6.07, 6.45) is 2.14. The maximum Gasteiger partial charge on any atom is 0.327 e. The smallest absolute Gasteiger partial charge is 0.327 e. The van der Waals surface area contributed by atoms with Crippen molar-refractivity contribution in [3.05, 3.63) is 71.4 Å². The van der Waals surface area contributed by atoms with E-state index in [1.807, 2.05) is 48.5 Å². The monoisotopic (exact) mass is 460 g/mol. The van der Waals surface area contributed by atoms with Crippen molar-refractivity contribution in [1.82, 2.24) is 20.1 Å². The van der Waals surface area contributed by atoms with Gasteiger partial charge in [0.25, 0.3) is 5.91 Å². The predicted molar refractivity (Wildman–Crippen MR) is 123 cm³/mol. The van der Waals surface area contributed by atoms with Gasteiger partial charge in [0.15, 0.2) is 0 Å². The molecule has 1 aromatic heterocycles. The summed E-state index contributed by atoms with van der Waals surface area (Å²) in [7, 11) is 0. The number of hydrogen-bond donors (Lipinski definition) is 3. The molecule has 0 aliphatic carbocycles. The maximum atomic E-state index is 12.9. The Kier molecular flexibility index (Phi) is 5.53. The molecule has 1 saturated heterocycles. The van der Waals surface area contributed by atoms with Gasteiger partial charge in [-0.15, -0.1) is 0 Å². The summed E-state index contributed by atoms with van der Waals surface area (Å²) in [4.78, 5) is 55.8. The highest BCUT2D eigenvalue weighted by Gasteiger charge is 2.46. The number of nitrogens with one attached hydrogen (secondary N) is 2. The largest absolute Gasteiger partial charge is 0.480 e. The maximum absolute atomic E-state index is 12.9. The summed E-state index contributed by atoms with van der Waals surface area (Å²) in [5.74, 6) is -2.00. The fourth-order valence-electron chi connectivity index (χ4n) is 4.78. The fourth-order valence-corrected chi connectivity index (χ4v) is 4.78. The van der Waals surface area contributed by atoms with E-state index >= 15 is 0 Å². The van der Waals surface area contributed by atoms with Crippen molar-refractivity contribution in [2.24, 2.45) is 0 Å². The third-order valence-electron chi connectivity index (χ3n) is 6.57. The molecule has 2 atom stereocenters. The van der Waals surface area contributed by atoms with Gasteiger partial charge >= 0.3 is 12.0 Å². The first-order valence-corrected chi connectivity index (χ1v) is 11.2. The molecule has 2 aliphatic heterocycles. The van der Waals surface area contributed by atoms with Crippen LogP contribution in [0.4, 0.5) is 4.79 Å². The molecule has 4 amide bonds. The molecule has 34 heavy (non-hydrogen) atoms. The summed E-state index contributed by atoms with van der Waals surface area (Å²) in [6.45, 7) is 0.270. The Bertz CT molecular complexity index is 1260. The van der Waals surface area contributed by atoms with E-state index in [9.17, 15) is 24.3 Å². The van der Waals surface area contributed by atoms with Crippen LogP contribution >= 0.6 is 0 Å². The van der Waals surface area contributed by atoms with Gasteiger partial charge in [-0.05, 0) is 22.8 Å². The number of rotatable bonds is 7. The normalized spacial score (nSPS) is 18.1. The van der Waals surface area contributed by atoms with Gasteiger partial charge in [0.1, 0.15) is 12.1 Å². The highest BCUT2D eigenvalue weighted by molar-refractivity contribution is 6.05. The molecule has 2 aliphatic rings. The number of nitrogens with zero attached hydrogens (tertiary/aromatic N) is 2. The van der Waals surface area contributed by atoms with Gasteiger partial charge in [-0.2, -0.15) is 0 Å². The van der Waals surface area contributed by atoms with Crippen LogP contribution in [0.2, 0.25) is 0 Å². The first-order valence-electron chi connectivity index (χ1n) is 11.2. The number of carboxylic acid groups (broad SMARTS) is 1. The van der Waals surface area contributed by atoms with Gasteiger partial charge in [0, 0.05) is 49.5 Å². The Labute approximate surface area is 195 Å². The summed E-state index contributed by atoms with van der Waals surface area (Å²) < 4.78 is 0. The standard InChI is InChI=1S/C25H24N4O5/c30-22(27-20(24(32)33)11-17-13-26-19-8-4-3-7-18(17)19)9-10-28-23(31)21-12-15-5-1-2-6-16(15)14-29(21)25(28)34/h1-8,13,20-21,26H,9-12,14H2,(H,27,30)(H,32,33)/t20-,21+/m1/s1. The first-order chi connectivity index (χ1) is 16.4. The van der Waals surface area contributed by atoms with Crippen LogP contribution in [0, 0.1) is 0 Å². The Hall–Kier alpha value is -4.14. The summed E-state index contributed by atoms with van der Waals surface area (Å²) in [5.41, 5.74) is 3.73. The van der Waals surface area contributed by atoms with E-state index in [0.717, 1.165) is 32.5 Å². The number of fused-ring (bicyclic) bond motifs is 3. The summed E-state index contributed by atoms with van der Waals surface area (Å²) in [6, 6.07) is 13.1. The first kappa shape index (κ1) is 21.7. The lowest BCUT2D eigenvalue weighted by Gasteiger charge is -2.28. The Morgan fingerprint density at radius 3 is 2.62 bits per heavy atom. The molecule has 9 nitrogen and oxygen atoms in total. The minimum absolute atomic E-state index is 0.0910. The molecule has 9 heteroatoms. The predicted octanol–water partition coefficient (Wildman–Crippen LogP) is 2.06. The third kappa shape index (κ3) is 3.89. The number of aliphatic carboxylic acids is 1. The van der Waals surface area contributed by atoms with Crippen LogP contribution in [-0.2, 0) is 33.8 Å². The second kappa shape index (κ2) is 8.66. The van der Waals surface area contributed by atoms with Crippen LogP contribution in [0.15, 0.2) is 54.7 Å². The lowest BCUT2D eigenvalue weighted by atomic mass is 9.95. The second-order valence-corrected chi connectivity index (χ2v) is 8.66. The van der Waals surface area contributed by atoms with Crippen molar-refractivity contribution in [2.75, 3.05) is 6.54 Å². The number of imide groups is 1. The third-order valence-corrected chi connectivity index (χ3v) is 6.57. The highest BCUT2D eigenvalue weighted by atomic mass is 16.4. The molecule has 1 fully saturated rings. The number of hydrogen-bond acceptors (Lipinski definition) is 4. The van der Waals surface area contributed by atoms with Crippen LogP contribution in [0.25, 0.3) is 10.9 Å². The van der Waals surface area contributed by atoms with Crippen LogP contribution in [0.3, 0.4) is 0 Å². The Morgan fingerprint density at radius 2 is 1.82 bits per heavy atom. The molecule has 3 aromatic rings. The van der Waals surface area contributed by atoms with E-state index in [-0.39, 0.29) is 25.3 Å². The van der Waals surface area contributed by atoms with E-state index < -0.39 is 30.0 Å². The van der Waals surface area contributed by atoms with Crippen molar-refractivity contribution < 1.29 is 24.3 Å². The number of carbonyl (C=O) groups is 4. The molecule has 174 valence electrons. The lowest BCUT2D eigenvalue weighted by molar-refractivity contribution is -0.142. The zero-order valence-corrected chi connectivity index (χ0v) is 18.4. The molecule has 0 saturated carbocycles. The summed E-state index contributed by atoms with van der Waals surface area (Å²) >= 11 is 0. The zero-order chi connectivity index (χ0) is 23.8. The number of carbonyl (C=O) groups excluding carboxylic acids is 3. The SMILES string of the molecule is O=C(CCN1C(=O)[C@@H]2Cc3ccccc3CN2C1=O)N[C@H](Cc1c[nH]c2ccccc12)C(=O)O. The molecule has 2 aromatic carbocycles. The van der Waals surface area contributed by atoms with E-state index in [1.165, 1.54) is 0 Å². The second-order valence-electron chi connectivity index (χ2n) is 8.66. The molecule has 0 spiro atoms. The fraction of sp³-hybridized carbons (Fsp3) is 0.280. The van der Waals surface area contributed by atoms with E-state index in [2.05, 4.69) is 10.3 Å². The number of urea groups is 1. The number of para-hydroxylation sites is 1. The number of carboxylic acids is 1. The van der Waals surface area contributed by atoms with Gasteiger partial charge < -0.3 is 20.3 Å². The van der Waals surface area contributed by atoms with Crippen LogP contribution in [-0.4, -0.2) is 62.3 Å². The molecular weight excluding hydrogens is 436 g/mol. The molecule has 5 rings (SSSR count). The number of aromatic nitrogens is 1. The van der Waals surface area contributed by atoms with E-state index in [4.69, 9.17) is 0 Å². The van der Waals surface area contributed by atoms with E-state index in [1.54, 1.807) is 11.1 Å². The molecule has 0 radical (unpaired) electrons. The Morgan fingerprint density at radius 1 is 1.09 bits per heavy atom. The van der Waals surface area contributed by atoms with Crippen molar-refractivity contribution in [2.45, 2.75) is 37.9 Å².